The van der Waals surface area contributed by atoms with E-state index < -0.39 is 0 Å². The summed E-state index contributed by atoms with van der Waals surface area (Å²) in [6.07, 6.45) is 6.85. The molecule has 1 N–H and O–H groups in total. The molecular weight excluding hydrogens is 348 g/mol. The Morgan fingerprint density at radius 1 is 0.857 bits per heavy atom. The molecule has 4 rings (SSSR count). The third kappa shape index (κ3) is 5.00. The lowest BCUT2D eigenvalue weighted by Gasteiger charge is -2.20. The van der Waals surface area contributed by atoms with Gasteiger partial charge in [-0.1, -0.05) is 43.2 Å². The van der Waals surface area contributed by atoms with Crippen LogP contribution in [0.2, 0.25) is 0 Å². The second kappa shape index (κ2) is 9.22. The minimum Gasteiger partial charge on any atom is -0.489 e. The van der Waals surface area contributed by atoms with Crippen LogP contribution < -0.4 is 15.0 Å². The van der Waals surface area contributed by atoms with Gasteiger partial charge in [-0.05, 0) is 48.7 Å². The summed E-state index contributed by atoms with van der Waals surface area (Å²) in [4.78, 5) is 11.5. The van der Waals surface area contributed by atoms with Crippen molar-refractivity contribution in [3.63, 3.8) is 0 Å². The van der Waals surface area contributed by atoms with E-state index in [1.165, 1.54) is 25.7 Å². The van der Waals surface area contributed by atoms with Gasteiger partial charge in [-0.15, -0.1) is 0 Å². The SMILES string of the molecule is c1ccc(COc2ccc(Nc3ccnc(N4CCCCCC4)n3)cc2)cc1. The molecule has 0 spiro atoms. The van der Waals surface area contributed by atoms with Crippen molar-refractivity contribution < 1.29 is 4.74 Å². The molecule has 1 aliphatic rings. The van der Waals surface area contributed by atoms with Crippen molar-refractivity contribution in [1.29, 1.82) is 0 Å². The van der Waals surface area contributed by atoms with Gasteiger partial charge in [-0.25, -0.2) is 4.98 Å². The fourth-order valence-corrected chi connectivity index (χ4v) is 3.36. The van der Waals surface area contributed by atoms with Crippen LogP contribution in [0.4, 0.5) is 17.5 Å². The molecule has 0 saturated carbocycles. The molecule has 1 saturated heterocycles. The highest BCUT2D eigenvalue weighted by atomic mass is 16.5. The summed E-state index contributed by atoms with van der Waals surface area (Å²) in [5.74, 6) is 2.48. The van der Waals surface area contributed by atoms with Gasteiger partial charge in [0.1, 0.15) is 18.2 Å². The lowest BCUT2D eigenvalue weighted by Crippen LogP contribution is -2.26. The number of nitrogens with zero attached hydrogens (tertiary/aromatic N) is 3. The van der Waals surface area contributed by atoms with Crippen LogP contribution in [0.1, 0.15) is 31.2 Å². The van der Waals surface area contributed by atoms with Crippen LogP contribution >= 0.6 is 0 Å². The van der Waals surface area contributed by atoms with Gasteiger partial charge in [0.2, 0.25) is 5.95 Å². The fraction of sp³-hybridized carbons (Fsp3) is 0.304. The van der Waals surface area contributed by atoms with Gasteiger partial charge >= 0.3 is 0 Å². The average molecular weight is 374 g/mol. The Bertz CT molecular complexity index is 859. The first-order valence-electron chi connectivity index (χ1n) is 9.99. The summed E-state index contributed by atoms with van der Waals surface area (Å²) < 4.78 is 5.85. The van der Waals surface area contributed by atoms with E-state index in [0.29, 0.717) is 6.61 Å². The van der Waals surface area contributed by atoms with Gasteiger partial charge in [0.05, 0.1) is 0 Å². The van der Waals surface area contributed by atoms with Crippen LogP contribution in [0.15, 0.2) is 66.9 Å². The van der Waals surface area contributed by atoms with Gasteiger partial charge in [-0.3, -0.25) is 0 Å². The zero-order valence-corrected chi connectivity index (χ0v) is 16.1. The highest BCUT2D eigenvalue weighted by Gasteiger charge is 2.12. The van der Waals surface area contributed by atoms with E-state index in [1.54, 1.807) is 0 Å². The van der Waals surface area contributed by atoms with E-state index in [1.807, 2.05) is 54.7 Å². The number of hydrogen-bond donors (Lipinski definition) is 1. The van der Waals surface area contributed by atoms with Crippen molar-refractivity contribution in [2.24, 2.45) is 0 Å². The van der Waals surface area contributed by atoms with E-state index in [0.717, 1.165) is 41.9 Å². The molecular formula is C23H26N4O. The number of anilines is 3. The van der Waals surface area contributed by atoms with E-state index in [9.17, 15) is 0 Å². The Kier molecular flexibility index (Phi) is 6.02. The first kappa shape index (κ1) is 18.3. The first-order valence-corrected chi connectivity index (χ1v) is 9.99. The number of aromatic nitrogens is 2. The molecule has 0 aliphatic carbocycles. The second-order valence-corrected chi connectivity index (χ2v) is 7.07. The second-order valence-electron chi connectivity index (χ2n) is 7.07. The van der Waals surface area contributed by atoms with Crippen LogP contribution in [0.3, 0.4) is 0 Å². The quantitative estimate of drug-likeness (QED) is 0.644. The van der Waals surface area contributed by atoms with E-state index >= 15 is 0 Å². The molecule has 1 fully saturated rings. The summed E-state index contributed by atoms with van der Waals surface area (Å²) in [5.41, 5.74) is 2.14. The van der Waals surface area contributed by atoms with Crippen LogP contribution in [0, 0.1) is 0 Å². The zero-order chi connectivity index (χ0) is 19.0. The molecule has 5 heteroatoms. The van der Waals surface area contributed by atoms with Crippen molar-refractivity contribution in [2.45, 2.75) is 32.3 Å². The molecule has 0 unspecified atom stereocenters. The molecule has 28 heavy (non-hydrogen) atoms. The Labute approximate surface area is 166 Å². The standard InChI is InChI=1S/C23H26N4O/c1-2-7-17-27(16-6-1)23-24-15-14-22(26-23)25-20-10-12-21(13-11-20)28-18-19-8-4-3-5-9-19/h3-5,8-15H,1-2,6-7,16-18H2,(H,24,25,26). The predicted molar refractivity (Wildman–Crippen MR) is 113 cm³/mol. The number of rotatable bonds is 6. The topological polar surface area (TPSA) is 50.3 Å². The number of ether oxygens (including phenoxy) is 1. The number of hydrogen-bond acceptors (Lipinski definition) is 5. The molecule has 0 bridgehead atoms. The van der Waals surface area contributed by atoms with Crippen molar-refractivity contribution >= 4 is 17.5 Å². The van der Waals surface area contributed by atoms with E-state index in [4.69, 9.17) is 9.72 Å². The summed E-state index contributed by atoms with van der Waals surface area (Å²) in [6, 6.07) is 20.0. The third-order valence-corrected chi connectivity index (χ3v) is 4.91. The Hall–Kier alpha value is -3.08. The van der Waals surface area contributed by atoms with Crippen LogP contribution in [0.5, 0.6) is 5.75 Å². The van der Waals surface area contributed by atoms with Crippen LogP contribution in [-0.2, 0) is 6.61 Å². The molecule has 2 aromatic carbocycles. The molecule has 0 amide bonds. The molecule has 0 atom stereocenters. The van der Waals surface area contributed by atoms with Crippen LogP contribution in [-0.4, -0.2) is 23.1 Å². The van der Waals surface area contributed by atoms with E-state index in [-0.39, 0.29) is 0 Å². The molecule has 144 valence electrons. The average Bonchev–Trinajstić information content (AvgIpc) is 3.04. The predicted octanol–water partition coefficient (Wildman–Crippen LogP) is 5.18. The van der Waals surface area contributed by atoms with Gasteiger partial charge < -0.3 is 15.0 Å². The number of benzene rings is 2. The van der Waals surface area contributed by atoms with Crippen molar-refractivity contribution in [3.05, 3.63) is 72.4 Å². The summed E-state index contributed by atoms with van der Waals surface area (Å²) in [6.45, 7) is 2.65. The molecule has 1 aromatic heterocycles. The van der Waals surface area contributed by atoms with E-state index in [2.05, 4.69) is 27.3 Å². The molecule has 0 radical (unpaired) electrons. The maximum Gasteiger partial charge on any atom is 0.227 e. The lowest BCUT2D eigenvalue weighted by atomic mass is 10.2. The minimum atomic E-state index is 0.568. The zero-order valence-electron chi connectivity index (χ0n) is 16.1. The smallest absolute Gasteiger partial charge is 0.227 e. The maximum absolute atomic E-state index is 5.85. The Morgan fingerprint density at radius 2 is 1.61 bits per heavy atom. The van der Waals surface area contributed by atoms with Crippen molar-refractivity contribution in [1.82, 2.24) is 9.97 Å². The third-order valence-electron chi connectivity index (χ3n) is 4.91. The Balaban J connectivity index is 1.37. The molecule has 5 nitrogen and oxygen atoms in total. The maximum atomic E-state index is 5.85. The highest BCUT2D eigenvalue weighted by Crippen LogP contribution is 2.22. The van der Waals surface area contributed by atoms with Crippen molar-refractivity contribution in [3.8, 4) is 5.75 Å². The lowest BCUT2D eigenvalue weighted by molar-refractivity contribution is 0.306. The highest BCUT2D eigenvalue weighted by molar-refractivity contribution is 5.58. The normalized spacial score (nSPS) is 14.4. The summed E-state index contributed by atoms with van der Waals surface area (Å²) in [5, 5.41) is 3.37. The van der Waals surface area contributed by atoms with Gasteiger partial charge in [-0.2, -0.15) is 4.98 Å². The van der Waals surface area contributed by atoms with Gasteiger partial charge in [0, 0.05) is 25.0 Å². The summed E-state index contributed by atoms with van der Waals surface area (Å²) >= 11 is 0. The van der Waals surface area contributed by atoms with Gasteiger partial charge in [0.15, 0.2) is 0 Å². The van der Waals surface area contributed by atoms with Gasteiger partial charge in [0.25, 0.3) is 0 Å². The molecule has 3 aromatic rings. The summed E-state index contributed by atoms with van der Waals surface area (Å²) in [7, 11) is 0. The monoisotopic (exact) mass is 374 g/mol. The fourth-order valence-electron chi connectivity index (χ4n) is 3.36. The molecule has 1 aliphatic heterocycles. The Morgan fingerprint density at radius 3 is 2.36 bits per heavy atom. The molecule has 2 heterocycles. The minimum absolute atomic E-state index is 0.568. The van der Waals surface area contributed by atoms with Crippen LogP contribution in [0.25, 0.3) is 0 Å². The largest absolute Gasteiger partial charge is 0.489 e. The first-order chi connectivity index (χ1) is 13.9. The van der Waals surface area contributed by atoms with Crippen molar-refractivity contribution in [2.75, 3.05) is 23.3 Å². The number of nitrogens with one attached hydrogen (secondary N) is 1.